The summed E-state index contributed by atoms with van der Waals surface area (Å²) in [5.74, 6) is -2.69. The average Bonchev–Trinajstić information content (AvgIpc) is 2.96. The van der Waals surface area contributed by atoms with Crippen LogP contribution in [0.5, 0.6) is 0 Å². The zero-order valence-corrected chi connectivity index (χ0v) is 11.2. The molecule has 2 aliphatic heterocycles. The van der Waals surface area contributed by atoms with Crippen LogP contribution in [-0.4, -0.2) is 66.9 Å². The van der Waals surface area contributed by atoms with E-state index in [-0.39, 0.29) is 5.41 Å². The molecule has 2 fully saturated rings. The lowest BCUT2D eigenvalue weighted by molar-refractivity contribution is -0.159. The van der Waals surface area contributed by atoms with Gasteiger partial charge in [0.1, 0.15) is 0 Å². The molecule has 20 heavy (non-hydrogen) atoms. The van der Waals surface area contributed by atoms with Crippen LogP contribution in [0.25, 0.3) is 0 Å². The summed E-state index contributed by atoms with van der Waals surface area (Å²) >= 11 is 0. The Morgan fingerprint density at radius 2 is 1.90 bits per heavy atom. The molecule has 110 valence electrons. The highest BCUT2D eigenvalue weighted by Crippen LogP contribution is 2.39. The highest BCUT2D eigenvalue weighted by atomic mass is 16.4. The molecule has 3 heterocycles. The number of aliphatic carboxylic acids is 2. The van der Waals surface area contributed by atoms with Crippen LogP contribution in [0, 0.1) is 0 Å². The summed E-state index contributed by atoms with van der Waals surface area (Å²) in [5, 5.41) is 27.3. The molecule has 0 aromatic carbocycles. The lowest BCUT2D eigenvalue weighted by Gasteiger charge is -2.30. The monoisotopic (exact) mass is 283 g/mol. The smallest absolute Gasteiger partial charge is 0.414 e. The summed E-state index contributed by atoms with van der Waals surface area (Å²) in [6.45, 7) is 3.60. The average molecular weight is 283 g/mol. The SMILES string of the molecule is Cn1nnc(C23CCCN(CC2)C3)n1.O=C(O)C(=O)O. The highest BCUT2D eigenvalue weighted by molar-refractivity contribution is 6.27. The number of tetrazole rings is 1. The normalized spacial score (nSPS) is 27.6. The molecule has 2 unspecified atom stereocenters. The van der Waals surface area contributed by atoms with Crippen molar-refractivity contribution in [3.05, 3.63) is 5.82 Å². The lowest BCUT2D eigenvalue weighted by Crippen LogP contribution is -2.37. The molecular weight excluding hydrogens is 266 g/mol. The number of carbonyl (C=O) groups is 2. The van der Waals surface area contributed by atoms with Crippen LogP contribution >= 0.6 is 0 Å². The van der Waals surface area contributed by atoms with Crippen LogP contribution in [0.1, 0.15) is 25.1 Å². The second-order valence-electron chi connectivity index (χ2n) is 5.12. The topological polar surface area (TPSA) is 121 Å². The molecule has 3 rings (SSSR count). The number of hydrogen-bond acceptors (Lipinski definition) is 6. The van der Waals surface area contributed by atoms with Gasteiger partial charge in [0.2, 0.25) is 0 Å². The van der Waals surface area contributed by atoms with Gasteiger partial charge in [0, 0.05) is 12.0 Å². The van der Waals surface area contributed by atoms with E-state index in [2.05, 4.69) is 20.3 Å². The van der Waals surface area contributed by atoms with Gasteiger partial charge in [-0.2, -0.15) is 4.80 Å². The first kappa shape index (κ1) is 14.4. The van der Waals surface area contributed by atoms with Crippen molar-refractivity contribution in [3.63, 3.8) is 0 Å². The first-order valence-electron chi connectivity index (χ1n) is 6.36. The predicted molar refractivity (Wildman–Crippen MR) is 66.0 cm³/mol. The summed E-state index contributed by atoms with van der Waals surface area (Å²) in [4.78, 5) is 22.3. The van der Waals surface area contributed by atoms with Crippen LogP contribution in [0.15, 0.2) is 0 Å². The molecule has 2 aliphatic rings. The number of fused-ring (bicyclic) bond motifs is 2. The Morgan fingerprint density at radius 1 is 1.20 bits per heavy atom. The summed E-state index contributed by atoms with van der Waals surface area (Å²) < 4.78 is 0. The fraction of sp³-hybridized carbons (Fsp3) is 0.727. The van der Waals surface area contributed by atoms with Gasteiger partial charge >= 0.3 is 11.9 Å². The molecule has 2 saturated heterocycles. The van der Waals surface area contributed by atoms with Crippen molar-refractivity contribution >= 4 is 11.9 Å². The van der Waals surface area contributed by atoms with E-state index in [1.165, 1.54) is 32.4 Å². The van der Waals surface area contributed by atoms with E-state index >= 15 is 0 Å². The number of piperidine rings is 1. The maximum Gasteiger partial charge on any atom is 0.414 e. The number of rotatable bonds is 1. The molecule has 9 nitrogen and oxygen atoms in total. The molecule has 2 bridgehead atoms. The molecule has 0 aliphatic carbocycles. The Balaban J connectivity index is 0.000000212. The second kappa shape index (κ2) is 5.53. The van der Waals surface area contributed by atoms with Crippen molar-refractivity contribution in [1.82, 2.24) is 25.1 Å². The largest absolute Gasteiger partial charge is 0.473 e. The third kappa shape index (κ3) is 2.93. The van der Waals surface area contributed by atoms with E-state index in [9.17, 15) is 0 Å². The Kier molecular flexibility index (Phi) is 3.98. The van der Waals surface area contributed by atoms with Crippen molar-refractivity contribution in [3.8, 4) is 0 Å². The minimum Gasteiger partial charge on any atom is -0.473 e. The summed E-state index contributed by atoms with van der Waals surface area (Å²) in [5.41, 5.74) is 0.229. The predicted octanol–water partition coefficient (Wildman–Crippen LogP) is -0.897. The van der Waals surface area contributed by atoms with Crippen molar-refractivity contribution in [1.29, 1.82) is 0 Å². The van der Waals surface area contributed by atoms with Gasteiger partial charge in [0.05, 0.1) is 7.05 Å². The van der Waals surface area contributed by atoms with Gasteiger partial charge in [-0.15, -0.1) is 10.2 Å². The molecule has 2 N–H and O–H groups in total. The Bertz CT molecular complexity index is 501. The molecule has 0 amide bonds. The van der Waals surface area contributed by atoms with Crippen molar-refractivity contribution in [2.75, 3.05) is 19.6 Å². The van der Waals surface area contributed by atoms with Crippen LogP contribution in [0.4, 0.5) is 0 Å². The van der Waals surface area contributed by atoms with Gasteiger partial charge in [0.25, 0.3) is 0 Å². The minimum atomic E-state index is -1.82. The maximum atomic E-state index is 9.10. The second-order valence-corrected chi connectivity index (χ2v) is 5.12. The van der Waals surface area contributed by atoms with E-state index in [4.69, 9.17) is 19.8 Å². The Morgan fingerprint density at radius 3 is 2.45 bits per heavy atom. The van der Waals surface area contributed by atoms with E-state index in [1.54, 1.807) is 4.80 Å². The van der Waals surface area contributed by atoms with Gasteiger partial charge in [-0.1, -0.05) is 0 Å². The van der Waals surface area contributed by atoms with E-state index in [0.717, 1.165) is 12.4 Å². The van der Waals surface area contributed by atoms with Crippen molar-refractivity contribution in [2.45, 2.75) is 24.7 Å². The summed E-state index contributed by atoms with van der Waals surface area (Å²) in [7, 11) is 1.84. The molecule has 9 heteroatoms. The van der Waals surface area contributed by atoms with Crippen molar-refractivity contribution < 1.29 is 19.8 Å². The molecule has 0 saturated carbocycles. The molecule has 1 aromatic heterocycles. The van der Waals surface area contributed by atoms with Gasteiger partial charge in [0.15, 0.2) is 5.82 Å². The Labute approximate surface area is 115 Å². The Hall–Kier alpha value is -2.03. The quantitative estimate of drug-likeness (QED) is 0.636. The third-order valence-corrected chi connectivity index (χ3v) is 3.73. The zero-order chi connectivity index (χ0) is 14.8. The van der Waals surface area contributed by atoms with Crippen LogP contribution < -0.4 is 0 Å². The minimum absolute atomic E-state index is 0.229. The van der Waals surface area contributed by atoms with E-state index in [0.29, 0.717) is 0 Å². The first-order valence-corrected chi connectivity index (χ1v) is 6.36. The number of carboxylic acid groups (broad SMARTS) is 2. The summed E-state index contributed by atoms with van der Waals surface area (Å²) in [6.07, 6.45) is 3.71. The van der Waals surface area contributed by atoms with E-state index in [1.807, 2.05) is 7.05 Å². The number of hydrogen-bond donors (Lipinski definition) is 2. The van der Waals surface area contributed by atoms with Gasteiger partial charge in [-0.25, -0.2) is 9.59 Å². The fourth-order valence-corrected chi connectivity index (χ4v) is 2.78. The van der Waals surface area contributed by atoms with Crippen LogP contribution in [0.3, 0.4) is 0 Å². The van der Waals surface area contributed by atoms with Crippen LogP contribution in [0.2, 0.25) is 0 Å². The number of aromatic nitrogens is 4. The standard InChI is InChI=1S/C9H15N5.C2H2O4/c1-13-11-8(10-12-13)9-3-2-5-14(7-9)6-4-9;3-1(4)2(5)6/h2-7H2,1H3;(H,3,4)(H,5,6). The number of carboxylic acids is 2. The molecule has 0 spiro atoms. The van der Waals surface area contributed by atoms with Crippen LogP contribution in [-0.2, 0) is 22.1 Å². The number of nitrogens with zero attached hydrogens (tertiary/aromatic N) is 5. The molecule has 1 aromatic rings. The highest BCUT2D eigenvalue weighted by Gasteiger charge is 2.45. The molecule has 0 radical (unpaired) electrons. The van der Waals surface area contributed by atoms with Gasteiger partial charge in [-0.05, 0) is 37.6 Å². The van der Waals surface area contributed by atoms with Gasteiger partial charge < -0.3 is 15.1 Å². The molecular formula is C11H17N5O4. The molecule has 2 atom stereocenters. The maximum absolute atomic E-state index is 9.10. The first-order chi connectivity index (χ1) is 9.43. The fourth-order valence-electron chi connectivity index (χ4n) is 2.78. The lowest BCUT2D eigenvalue weighted by atomic mass is 9.80. The third-order valence-electron chi connectivity index (χ3n) is 3.73. The van der Waals surface area contributed by atoms with Gasteiger partial charge in [-0.3, -0.25) is 0 Å². The van der Waals surface area contributed by atoms with E-state index < -0.39 is 11.9 Å². The summed E-state index contributed by atoms with van der Waals surface area (Å²) in [6, 6.07) is 0. The number of aryl methyl sites for hydroxylation is 1. The van der Waals surface area contributed by atoms with Crippen molar-refractivity contribution in [2.24, 2.45) is 7.05 Å². The zero-order valence-electron chi connectivity index (χ0n) is 11.2.